The summed E-state index contributed by atoms with van der Waals surface area (Å²) in [5.41, 5.74) is 0. The van der Waals surface area contributed by atoms with Gasteiger partial charge in [0.25, 0.3) is 0 Å². The number of hydrogen-bond donors (Lipinski definition) is 2. The van der Waals surface area contributed by atoms with Gasteiger partial charge in [0.05, 0.1) is 6.26 Å². The molecule has 0 aliphatic rings. The van der Waals surface area contributed by atoms with Gasteiger partial charge in [-0.1, -0.05) is 0 Å². The molecule has 0 fully saturated rings. The van der Waals surface area contributed by atoms with Gasteiger partial charge in [-0.2, -0.15) is 0 Å². The Bertz CT molecular complexity index is 458. The van der Waals surface area contributed by atoms with Crippen LogP contribution in [0, 0.1) is 0 Å². The monoisotopic (exact) mass is 324 g/mol. The number of nitrogens with one attached hydrogen (secondary N) is 2. The van der Waals surface area contributed by atoms with Gasteiger partial charge in [-0.15, -0.1) is 0 Å². The van der Waals surface area contributed by atoms with Gasteiger partial charge < -0.3 is 24.7 Å². The molecule has 7 heteroatoms. The van der Waals surface area contributed by atoms with Crippen LogP contribution in [0.15, 0.2) is 27.8 Å². The van der Waals surface area contributed by atoms with E-state index in [1.807, 2.05) is 19.1 Å². The molecule has 0 saturated heterocycles. The van der Waals surface area contributed by atoms with Crippen molar-refractivity contribution in [3.05, 3.63) is 24.2 Å². The third-order valence-electron chi connectivity index (χ3n) is 3.02. The minimum Gasteiger partial charge on any atom is -0.467 e. The fraction of sp³-hybridized carbons (Fsp3) is 0.625. The Kier molecular flexibility index (Phi) is 9.54. The molecule has 1 aromatic heterocycles. The van der Waals surface area contributed by atoms with Gasteiger partial charge in [-0.25, -0.2) is 0 Å². The summed E-state index contributed by atoms with van der Waals surface area (Å²) in [6, 6.07) is 3.73. The Morgan fingerprint density at radius 1 is 1.39 bits per heavy atom. The summed E-state index contributed by atoms with van der Waals surface area (Å²) in [4.78, 5) is 17.6. The van der Waals surface area contributed by atoms with Crippen LogP contribution in [0.4, 0.5) is 0 Å². The summed E-state index contributed by atoms with van der Waals surface area (Å²) < 4.78 is 10.7. The van der Waals surface area contributed by atoms with E-state index in [9.17, 15) is 4.79 Å². The van der Waals surface area contributed by atoms with Crippen molar-refractivity contribution in [2.45, 2.75) is 26.4 Å². The van der Waals surface area contributed by atoms with E-state index >= 15 is 0 Å². The molecule has 23 heavy (non-hydrogen) atoms. The summed E-state index contributed by atoms with van der Waals surface area (Å²) in [6.45, 7) is 5.13. The number of guanidine groups is 1. The topological polar surface area (TPSA) is 79.1 Å². The number of rotatable bonds is 10. The van der Waals surface area contributed by atoms with Crippen molar-refractivity contribution in [3.63, 3.8) is 0 Å². The van der Waals surface area contributed by atoms with Gasteiger partial charge in [0, 0.05) is 46.8 Å². The zero-order valence-electron chi connectivity index (χ0n) is 14.3. The maximum atomic E-state index is 11.5. The minimum atomic E-state index is 0.0969. The Morgan fingerprint density at radius 2 is 2.22 bits per heavy atom. The van der Waals surface area contributed by atoms with Crippen molar-refractivity contribution in [3.8, 4) is 0 Å². The van der Waals surface area contributed by atoms with Crippen LogP contribution in [0.5, 0.6) is 0 Å². The highest BCUT2D eigenvalue weighted by molar-refractivity contribution is 5.81. The van der Waals surface area contributed by atoms with E-state index < -0.39 is 0 Å². The van der Waals surface area contributed by atoms with Gasteiger partial charge in [0.2, 0.25) is 5.91 Å². The zero-order valence-corrected chi connectivity index (χ0v) is 14.3. The van der Waals surface area contributed by atoms with Crippen molar-refractivity contribution >= 4 is 11.9 Å². The molecule has 0 unspecified atom stereocenters. The number of carbonyl (C=O) groups is 1. The van der Waals surface area contributed by atoms with Crippen LogP contribution in [-0.4, -0.2) is 57.1 Å². The zero-order chi connectivity index (χ0) is 16.9. The Hall–Kier alpha value is -2.02. The molecule has 2 N–H and O–H groups in total. The van der Waals surface area contributed by atoms with E-state index in [0.29, 0.717) is 32.7 Å². The first-order chi connectivity index (χ1) is 11.1. The highest BCUT2D eigenvalue weighted by atomic mass is 16.5. The van der Waals surface area contributed by atoms with Crippen molar-refractivity contribution in [1.82, 2.24) is 15.5 Å². The fourth-order valence-electron chi connectivity index (χ4n) is 1.78. The van der Waals surface area contributed by atoms with E-state index in [2.05, 4.69) is 15.6 Å². The first-order valence-corrected chi connectivity index (χ1v) is 7.96. The quantitative estimate of drug-likeness (QED) is 0.384. The van der Waals surface area contributed by atoms with Crippen molar-refractivity contribution in [1.29, 1.82) is 0 Å². The molecule has 1 heterocycles. The number of aliphatic imine (C=N–C) groups is 1. The largest absolute Gasteiger partial charge is 0.467 e. The molecule has 0 aliphatic heterocycles. The Balaban J connectivity index is 2.16. The first kappa shape index (κ1) is 19.0. The van der Waals surface area contributed by atoms with Crippen LogP contribution in [0.25, 0.3) is 0 Å². The van der Waals surface area contributed by atoms with Crippen LogP contribution >= 0.6 is 0 Å². The minimum absolute atomic E-state index is 0.0969. The second-order valence-electron chi connectivity index (χ2n) is 5.21. The number of amides is 1. The number of hydrogen-bond acceptors (Lipinski definition) is 4. The van der Waals surface area contributed by atoms with Crippen molar-refractivity contribution in [2.24, 2.45) is 4.99 Å². The summed E-state index contributed by atoms with van der Waals surface area (Å²) in [5, 5.41) is 6.31. The van der Waals surface area contributed by atoms with Crippen molar-refractivity contribution < 1.29 is 13.9 Å². The molecule has 0 aromatic carbocycles. The van der Waals surface area contributed by atoms with E-state index in [4.69, 9.17) is 9.15 Å². The molecule has 0 aliphatic carbocycles. The molecule has 1 amide bonds. The normalized spacial score (nSPS) is 11.3. The van der Waals surface area contributed by atoms with E-state index in [0.717, 1.165) is 24.7 Å². The number of carbonyl (C=O) groups excluding carboxylic acids is 1. The fourth-order valence-corrected chi connectivity index (χ4v) is 1.78. The molecule has 0 atom stereocenters. The smallest absolute Gasteiger partial charge is 0.223 e. The maximum absolute atomic E-state index is 11.5. The van der Waals surface area contributed by atoms with Gasteiger partial charge in [-0.3, -0.25) is 9.79 Å². The molecule has 1 rings (SSSR count). The number of ether oxygens (including phenoxy) is 1. The lowest BCUT2D eigenvalue weighted by Crippen LogP contribution is -2.39. The summed E-state index contributed by atoms with van der Waals surface area (Å²) in [6.07, 6.45) is 2.91. The lowest BCUT2D eigenvalue weighted by Gasteiger charge is -2.13. The summed E-state index contributed by atoms with van der Waals surface area (Å²) in [7, 11) is 3.51. The molecule has 0 saturated carbocycles. The second-order valence-corrected chi connectivity index (χ2v) is 5.21. The summed E-state index contributed by atoms with van der Waals surface area (Å²) in [5.74, 6) is 1.65. The number of nitrogens with zero attached hydrogens (tertiary/aromatic N) is 2. The molecule has 0 radical (unpaired) electrons. The van der Waals surface area contributed by atoms with E-state index in [-0.39, 0.29) is 5.91 Å². The average Bonchev–Trinajstić information content (AvgIpc) is 3.03. The predicted octanol–water partition coefficient (Wildman–Crippen LogP) is 1.22. The highest BCUT2D eigenvalue weighted by Crippen LogP contribution is 2.01. The lowest BCUT2D eigenvalue weighted by molar-refractivity contribution is -0.128. The van der Waals surface area contributed by atoms with Crippen LogP contribution in [0.2, 0.25) is 0 Å². The molecule has 7 nitrogen and oxygen atoms in total. The summed E-state index contributed by atoms with van der Waals surface area (Å²) >= 11 is 0. The third-order valence-corrected chi connectivity index (χ3v) is 3.02. The van der Waals surface area contributed by atoms with Crippen molar-refractivity contribution in [2.75, 3.05) is 40.3 Å². The molecule has 0 spiro atoms. The lowest BCUT2D eigenvalue weighted by atomic mass is 10.4. The molecule has 130 valence electrons. The standard InChI is InChI=1S/C16H28N4O3/c1-4-17-16(19-10-8-15(21)20(2)3)18-9-6-11-22-13-14-7-5-12-23-14/h5,7,12H,4,6,8-11,13H2,1-3H3,(H2,17,18,19). The molecule has 1 aromatic rings. The molecular formula is C16H28N4O3. The SMILES string of the molecule is CCNC(=NCCCOCc1ccco1)NCCC(=O)N(C)C. The average molecular weight is 324 g/mol. The highest BCUT2D eigenvalue weighted by Gasteiger charge is 2.04. The maximum Gasteiger partial charge on any atom is 0.223 e. The number of furan rings is 1. The van der Waals surface area contributed by atoms with E-state index in [1.54, 1.807) is 25.3 Å². The molecule has 0 bridgehead atoms. The Morgan fingerprint density at radius 3 is 2.87 bits per heavy atom. The molecular weight excluding hydrogens is 296 g/mol. The Labute approximate surface area is 138 Å². The van der Waals surface area contributed by atoms with Gasteiger partial charge in [-0.05, 0) is 25.5 Å². The van der Waals surface area contributed by atoms with Crippen LogP contribution in [-0.2, 0) is 16.1 Å². The van der Waals surface area contributed by atoms with E-state index in [1.165, 1.54) is 0 Å². The van der Waals surface area contributed by atoms with Crippen LogP contribution < -0.4 is 10.6 Å². The second kappa shape index (κ2) is 11.5. The first-order valence-electron chi connectivity index (χ1n) is 7.96. The van der Waals surface area contributed by atoms with Gasteiger partial charge in [0.1, 0.15) is 12.4 Å². The van der Waals surface area contributed by atoms with Gasteiger partial charge in [0.15, 0.2) is 5.96 Å². The predicted molar refractivity (Wildman–Crippen MR) is 90.3 cm³/mol. The van der Waals surface area contributed by atoms with Gasteiger partial charge >= 0.3 is 0 Å². The third kappa shape index (κ3) is 8.87. The van der Waals surface area contributed by atoms with Crippen LogP contribution in [0.1, 0.15) is 25.5 Å². The van der Waals surface area contributed by atoms with Crippen LogP contribution in [0.3, 0.4) is 0 Å².